The van der Waals surface area contributed by atoms with E-state index < -0.39 is 7.60 Å². The maximum Gasteiger partial charge on any atom is 0.329 e. The zero-order chi connectivity index (χ0) is 22.3. The third kappa shape index (κ3) is 7.91. The molecule has 0 atom stereocenters. The number of hydrogen-bond donors (Lipinski definition) is 3. The van der Waals surface area contributed by atoms with Gasteiger partial charge in [0.2, 0.25) is 0 Å². The highest BCUT2D eigenvalue weighted by Crippen LogP contribution is 2.39. The minimum Gasteiger partial charge on any atom is -0.490 e. The summed E-state index contributed by atoms with van der Waals surface area (Å²) in [6.07, 6.45) is 5.75. The maximum absolute atomic E-state index is 11.2. The summed E-state index contributed by atoms with van der Waals surface area (Å²) in [5, 5.41) is 0. The molecule has 0 heterocycles. The van der Waals surface area contributed by atoms with Gasteiger partial charge in [-0.05, 0) is 54.5 Å². The molecule has 0 spiro atoms. The van der Waals surface area contributed by atoms with Crippen LogP contribution in [0.2, 0.25) is 0 Å². The predicted molar refractivity (Wildman–Crippen MR) is 124 cm³/mol. The van der Waals surface area contributed by atoms with Crippen molar-refractivity contribution in [3.05, 3.63) is 77.9 Å². The molecule has 2 aromatic carbocycles. The third-order valence-electron chi connectivity index (χ3n) is 5.73. The van der Waals surface area contributed by atoms with Gasteiger partial charge < -0.3 is 20.3 Å². The second-order valence-corrected chi connectivity index (χ2v) is 10.0. The largest absolute Gasteiger partial charge is 0.490 e. The van der Waals surface area contributed by atoms with Crippen LogP contribution in [0, 0.1) is 0 Å². The normalized spacial score (nSPS) is 19.4. The van der Waals surface area contributed by atoms with Crippen LogP contribution in [0.3, 0.4) is 0 Å². The van der Waals surface area contributed by atoms with Crippen molar-refractivity contribution in [1.29, 1.82) is 0 Å². The Bertz CT molecular complexity index is 871. The maximum atomic E-state index is 11.2. The van der Waals surface area contributed by atoms with Gasteiger partial charge in [0.1, 0.15) is 12.4 Å². The number of hydrogen-bond acceptors (Lipinski definition) is 4. The molecule has 1 fully saturated rings. The number of rotatable bonds is 10. The van der Waals surface area contributed by atoms with Crippen molar-refractivity contribution < 1.29 is 19.1 Å². The van der Waals surface area contributed by atoms with Gasteiger partial charge in [-0.15, -0.1) is 0 Å². The lowest BCUT2D eigenvalue weighted by molar-refractivity contribution is 0.134. The van der Waals surface area contributed by atoms with Crippen LogP contribution >= 0.6 is 7.60 Å². The molecule has 0 unspecified atom stereocenters. The van der Waals surface area contributed by atoms with Crippen molar-refractivity contribution in [2.75, 3.05) is 6.61 Å². The predicted octanol–water partition coefficient (Wildman–Crippen LogP) is 4.20. The Balaban J connectivity index is 1.70. The first kappa shape index (κ1) is 23.7. The fourth-order valence-electron chi connectivity index (χ4n) is 4.08. The van der Waals surface area contributed by atoms with E-state index in [0.29, 0.717) is 24.3 Å². The lowest BCUT2D eigenvalue weighted by Crippen LogP contribution is -2.40. The summed E-state index contributed by atoms with van der Waals surface area (Å²) in [6.45, 7) is 5.77. The molecule has 3 rings (SSSR count). The van der Waals surface area contributed by atoms with Gasteiger partial charge in [0, 0.05) is 25.2 Å². The molecule has 7 heteroatoms. The highest BCUT2D eigenvalue weighted by Gasteiger charge is 2.24. The van der Waals surface area contributed by atoms with Gasteiger partial charge in [0.25, 0.3) is 0 Å². The van der Waals surface area contributed by atoms with Crippen molar-refractivity contribution in [2.45, 2.75) is 57.0 Å². The van der Waals surface area contributed by atoms with E-state index in [9.17, 15) is 14.4 Å². The van der Waals surface area contributed by atoms with Gasteiger partial charge in [-0.25, -0.2) is 0 Å². The quantitative estimate of drug-likeness (QED) is 0.375. The number of nitrogens with zero attached hydrogens (tertiary/aromatic N) is 1. The highest BCUT2D eigenvalue weighted by molar-refractivity contribution is 7.50. The van der Waals surface area contributed by atoms with Crippen molar-refractivity contribution in [3.8, 4) is 5.75 Å². The summed E-state index contributed by atoms with van der Waals surface area (Å²) < 4.78 is 16.8. The molecular formula is C24H33N2O4P. The van der Waals surface area contributed by atoms with E-state index in [1.807, 2.05) is 36.4 Å². The molecule has 0 radical (unpaired) electrons. The fraction of sp³-hybridized carbons (Fsp3) is 0.417. The molecule has 2 aromatic rings. The summed E-state index contributed by atoms with van der Waals surface area (Å²) in [7, 11) is -4.05. The minimum atomic E-state index is -4.05. The molecule has 31 heavy (non-hydrogen) atoms. The summed E-state index contributed by atoms with van der Waals surface area (Å²) in [5.41, 5.74) is 9.13. The Kier molecular flexibility index (Phi) is 8.47. The van der Waals surface area contributed by atoms with E-state index in [1.165, 1.54) is 5.56 Å². The Morgan fingerprint density at radius 1 is 0.968 bits per heavy atom. The molecule has 168 valence electrons. The average Bonchev–Trinajstić information content (AvgIpc) is 2.73. The first-order valence-electron chi connectivity index (χ1n) is 10.8. The monoisotopic (exact) mass is 444 g/mol. The number of ether oxygens (including phenoxy) is 1. The fourth-order valence-corrected chi connectivity index (χ4v) is 4.77. The first-order valence-corrected chi connectivity index (χ1v) is 12.6. The summed E-state index contributed by atoms with van der Waals surface area (Å²) >= 11 is 0. The molecule has 4 N–H and O–H groups in total. The number of benzene rings is 2. The second kappa shape index (κ2) is 11.1. The van der Waals surface area contributed by atoms with Crippen molar-refractivity contribution >= 4 is 7.60 Å². The van der Waals surface area contributed by atoms with Crippen molar-refractivity contribution in [1.82, 2.24) is 4.90 Å². The van der Waals surface area contributed by atoms with Gasteiger partial charge in [-0.1, -0.05) is 49.1 Å². The van der Waals surface area contributed by atoms with E-state index >= 15 is 0 Å². The molecule has 0 amide bonds. The van der Waals surface area contributed by atoms with E-state index in [4.69, 9.17) is 10.5 Å². The van der Waals surface area contributed by atoms with E-state index in [1.54, 1.807) is 6.08 Å². The third-order valence-corrected chi connectivity index (χ3v) is 6.51. The summed E-state index contributed by atoms with van der Waals surface area (Å²) in [5.74, 6) is 0.833. The molecule has 1 aliphatic rings. The van der Waals surface area contributed by atoms with Gasteiger partial charge in [0.15, 0.2) is 0 Å². The smallest absolute Gasteiger partial charge is 0.329 e. The van der Waals surface area contributed by atoms with E-state index in [-0.39, 0.29) is 6.16 Å². The van der Waals surface area contributed by atoms with Gasteiger partial charge in [-0.2, -0.15) is 0 Å². The Labute approximate surface area is 184 Å². The molecule has 0 aromatic heterocycles. The van der Waals surface area contributed by atoms with Crippen LogP contribution in [0.4, 0.5) is 0 Å². The molecule has 0 saturated heterocycles. The zero-order valence-electron chi connectivity index (χ0n) is 17.9. The van der Waals surface area contributed by atoms with Crippen molar-refractivity contribution in [3.63, 3.8) is 0 Å². The van der Waals surface area contributed by atoms with Crippen LogP contribution < -0.4 is 10.5 Å². The lowest BCUT2D eigenvalue weighted by atomic mass is 9.90. The number of nitrogens with two attached hydrogens (primary N) is 1. The molecule has 6 nitrogen and oxygen atoms in total. The molecule has 1 saturated carbocycles. The van der Waals surface area contributed by atoms with E-state index in [0.717, 1.165) is 50.1 Å². The van der Waals surface area contributed by atoms with Gasteiger partial charge in [0.05, 0.1) is 6.16 Å². The van der Waals surface area contributed by atoms with Crippen LogP contribution in [-0.4, -0.2) is 33.4 Å². The molecule has 0 bridgehead atoms. The van der Waals surface area contributed by atoms with Crippen LogP contribution in [-0.2, 0) is 23.8 Å². The van der Waals surface area contributed by atoms with Crippen molar-refractivity contribution in [2.24, 2.45) is 5.73 Å². The van der Waals surface area contributed by atoms with E-state index in [2.05, 4.69) is 23.6 Å². The molecule has 1 aliphatic carbocycles. The lowest BCUT2D eigenvalue weighted by Gasteiger charge is -2.36. The van der Waals surface area contributed by atoms with Gasteiger partial charge >= 0.3 is 7.60 Å². The molecule has 0 aliphatic heterocycles. The van der Waals surface area contributed by atoms with Crippen LogP contribution in [0.15, 0.2) is 61.2 Å². The Morgan fingerprint density at radius 2 is 1.48 bits per heavy atom. The van der Waals surface area contributed by atoms with Crippen LogP contribution in [0.1, 0.15) is 42.4 Å². The van der Waals surface area contributed by atoms with Crippen LogP contribution in [0.25, 0.3) is 0 Å². The average molecular weight is 445 g/mol. The Morgan fingerprint density at radius 3 is 2.00 bits per heavy atom. The van der Waals surface area contributed by atoms with Gasteiger partial charge in [-0.3, -0.25) is 9.46 Å². The minimum absolute atomic E-state index is 0.224. The standard InChI is InChI=1S/C24H33N2O4P/c1-2-15-30-24-13-7-20(8-14-24)17-26(23-11-9-22(25)10-12-23)16-19-3-5-21(6-4-19)18-31(27,28)29/h2-8,13-14,22-23H,1,9-12,15-18,25H2,(H2,27,28,29). The zero-order valence-corrected chi connectivity index (χ0v) is 18.8. The first-order chi connectivity index (χ1) is 14.8. The summed E-state index contributed by atoms with van der Waals surface area (Å²) in [6, 6.07) is 16.5. The summed E-state index contributed by atoms with van der Waals surface area (Å²) in [4.78, 5) is 20.9. The topological polar surface area (TPSA) is 96.0 Å². The SMILES string of the molecule is C=CCOc1ccc(CN(Cc2ccc(CP(=O)(O)O)cc2)C2CCC(N)CC2)cc1. The Hall–Kier alpha value is -1.95. The van der Waals surface area contributed by atoms with Crippen LogP contribution in [0.5, 0.6) is 5.75 Å². The molecular weight excluding hydrogens is 411 g/mol. The highest BCUT2D eigenvalue weighted by atomic mass is 31.2. The second-order valence-electron chi connectivity index (χ2n) is 8.36.